The number of rotatable bonds is 2. The first-order valence-electron chi connectivity index (χ1n) is 10.0. The van der Waals surface area contributed by atoms with Crippen LogP contribution in [0.1, 0.15) is 53.6 Å². The Labute approximate surface area is 169 Å². The molecule has 0 spiro atoms. The molecule has 5 rings (SSSR count). The number of hydrogen-bond acceptors (Lipinski definition) is 6. The molecule has 0 radical (unpaired) electrons. The fraction of sp³-hybridized carbons (Fsp3) is 0.429. The lowest BCUT2D eigenvalue weighted by atomic mass is 9.65. The van der Waals surface area contributed by atoms with Crippen LogP contribution in [0.3, 0.4) is 0 Å². The Morgan fingerprint density at radius 2 is 2.07 bits per heavy atom. The summed E-state index contributed by atoms with van der Waals surface area (Å²) in [5.41, 5.74) is 3.76. The summed E-state index contributed by atoms with van der Waals surface area (Å²) in [6, 6.07) is 7.67. The molecule has 29 heavy (non-hydrogen) atoms. The fourth-order valence-electron chi connectivity index (χ4n) is 5.01. The fourth-order valence-corrected chi connectivity index (χ4v) is 5.01. The van der Waals surface area contributed by atoms with Crippen LogP contribution in [0, 0.1) is 6.92 Å². The number of amides is 1. The lowest BCUT2D eigenvalue weighted by Gasteiger charge is -2.51. The normalized spacial score (nSPS) is 23.4. The van der Waals surface area contributed by atoms with Crippen molar-refractivity contribution >= 4 is 5.91 Å². The Kier molecular flexibility index (Phi) is 4.15. The monoisotopic (exact) mass is 389 g/mol. The molecule has 2 aromatic heterocycles. The number of fused-ring (bicyclic) bond motifs is 3. The van der Waals surface area contributed by atoms with Gasteiger partial charge in [-0.1, -0.05) is 6.92 Å². The van der Waals surface area contributed by atoms with E-state index < -0.39 is 0 Å². The zero-order valence-electron chi connectivity index (χ0n) is 16.6. The summed E-state index contributed by atoms with van der Waals surface area (Å²) in [6.45, 7) is 4.89. The Morgan fingerprint density at radius 1 is 1.24 bits per heavy atom. The van der Waals surface area contributed by atoms with Crippen LogP contribution in [0.4, 0.5) is 0 Å². The molecule has 1 aliphatic heterocycles. The van der Waals surface area contributed by atoms with Crippen LogP contribution in [0.15, 0.2) is 36.8 Å². The molecular weight excluding hydrogens is 366 g/mol. The number of tetrazole rings is 1. The predicted octanol–water partition coefficient (Wildman–Crippen LogP) is 2.27. The van der Waals surface area contributed by atoms with E-state index in [0.717, 1.165) is 43.6 Å². The Bertz CT molecular complexity index is 1060. The van der Waals surface area contributed by atoms with Crippen molar-refractivity contribution in [3.05, 3.63) is 59.4 Å². The zero-order valence-corrected chi connectivity index (χ0v) is 16.6. The van der Waals surface area contributed by atoms with E-state index in [2.05, 4.69) is 37.3 Å². The molecule has 1 aromatic carbocycles. The van der Waals surface area contributed by atoms with Gasteiger partial charge in [0.15, 0.2) is 5.82 Å². The number of carbonyl (C=O) groups is 1. The topological polar surface area (TPSA) is 89.7 Å². The van der Waals surface area contributed by atoms with Gasteiger partial charge in [-0.05, 0) is 72.9 Å². The molecule has 3 aromatic rings. The van der Waals surface area contributed by atoms with E-state index in [1.807, 2.05) is 37.4 Å². The van der Waals surface area contributed by atoms with Crippen molar-refractivity contribution in [2.75, 3.05) is 6.54 Å². The summed E-state index contributed by atoms with van der Waals surface area (Å²) in [6.07, 6.45) is 7.45. The smallest absolute Gasteiger partial charge is 0.254 e. The molecule has 8 heteroatoms. The Morgan fingerprint density at radius 3 is 2.83 bits per heavy atom. The highest BCUT2D eigenvalue weighted by atomic mass is 16.2. The maximum atomic E-state index is 13.4. The highest BCUT2D eigenvalue weighted by Crippen LogP contribution is 2.44. The van der Waals surface area contributed by atoms with Crippen LogP contribution in [0.2, 0.25) is 0 Å². The molecule has 8 nitrogen and oxygen atoms in total. The van der Waals surface area contributed by atoms with Gasteiger partial charge in [0.2, 0.25) is 0 Å². The maximum Gasteiger partial charge on any atom is 0.254 e. The summed E-state index contributed by atoms with van der Waals surface area (Å²) in [5, 5.41) is 11.6. The average molecular weight is 389 g/mol. The Hall–Kier alpha value is -3.16. The zero-order chi connectivity index (χ0) is 20.0. The second kappa shape index (κ2) is 6.72. The van der Waals surface area contributed by atoms with Gasteiger partial charge in [0.05, 0.1) is 11.4 Å². The first-order valence-corrected chi connectivity index (χ1v) is 10.0. The van der Waals surface area contributed by atoms with Crippen molar-refractivity contribution in [1.82, 2.24) is 35.1 Å². The molecule has 0 N–H and O–H groups in total. The third-order valence-electron chi connectivity index (χ3n) is 6.47. The van der Waals surface area contributed by atoms with Crippen molar-refractivity contribution in [2.45, 2.75) is 51.0 Å². The van der Waals surface area contributed by atoms with Crippen LogP contribution in [0.25, 0.3) is 5.69 Å². The second-order valence-electron chi connectivity index (χ2n) is 8.16. The van der Waals surface area contributed by atoms with E-state index >= 15 is 0 Å². The van der Waals surface area contributed by atoms with Gasteiger partial charge in [-0.25, -0.2) is 9.97 Å². The van der Waals surface area contributed by atoms with E-state index in [0.29, 0.717) is 11.4 Å². The number of carbonyl (C=O) groups excluding carboxylic acids is 1. The number of aromatic nitrogens is 6. The first-order chi connectivity index (χ1) is 14.1. The van der Waals surface area contributed by atoms with Crippen LogP contribution in [0.5, 0.6) is 0 Å². The summed E-state index contributed by atoms with van der Waals surface area (Å²) in [7, 11) is 0. The van der Waals surface area contributed by atoms with Gasteiger partial charge in [-0.2, -0.15) is 4.68 Å². The van der Waals surface area contributed by atoms with Gasteiger partial charge in [0.1, 0.15) is 6.33 Å². The van der Waals surface area contributed by atoms with E-state index in [1.54, 1.807) is 11.0 Å². The number of likely N-dealkylation sites (tertiary alicyclic amines) is 1. The van der Waals surface area contributed by atoms with Gasteiger partial charge in [0.25, 0.3) is 5.91 Å². The number of piperidine rings is 1. The molecule has 2 aliphatic rings. The standard InChI is InChI=1S/C21H23N7O/c1-14-24-25-26-28(14)17-7-4-15(5-8-17)20(29)27-11-3-10-21(2)18(27)9-6-16-12-22-13-23-19(16)21/h4-5,7-8,12-13,18H,3,6,9-11H2,1-2H3/t18?,21-/m1/s1. The van der Waals surface area contributed by atoms with Gasteiger partial charge in [-0.15, -0.1) is 5.10 Å². The third-order valence-corrected chi connectivity index (χ3v) is 6.47. The Balaban J connectivity index is 1.44. The predicted molar refractivity (Wildman–Crippen MR) is 106 cm³/mol. The molecule has 1 saturated heterocycles. The molecule has 148 valence electrons. The van der Waals surface area contributed by atoms with Gasteiger partial charge < -0.3 is 4.90 Å². The molecule has 1 aliphatic carbocycles. The van der Waals surface area contributed by atoms with Crippen molar-refractivity contribution in [2.24, 2.45) is 0 Å². The minimum atomic E-state index is -0.117. The van der Waals surface area contributed by atoms with Crippen molar-refractivity contribution in [1.29, 1.82) is 0 Å². The summed E-state index contributed by atoms with van der Waals surface area (Å²) >= 11 is 0. The molecule has 0 bridgehead atoms. The van der Waals surface area contributed by atoms with Crippen molar-refractivity contribution in [3.63, 3.8) is 0 Å². The molecule has 1 fully saturated rings. The molecule has 1 unspecified atom stereocenters. The SMILES string of the molecule is Cc1nnnn1-c1ccc(C(=O)N2CCC[C@@]3(C)c4ncncc4CCC23)cc1. The highest BCUT2D eigenvalue weighted by molar-refractivity contribution is 5.94. The minimum Gasteiger partial charge on any atom is -0.335 e. The van der Waals surface area contributed by atoms with Crippen LogP contribution in [-0.2, 0) is 11.8 Å². The molecular formula is C21H23N7O. The largest absolute Gasteiger partial charge is 0.335 e. The van der Waals surface area contributed by atoms with E-state index in [4.69, 9.17) is 0 Å². The van der Waals surface area contributed by atoms with Gasteiger partial charge >= 0.3 is 0 Å². The lowest BCUT2D eigenvalue weighted by Crippen LogP contribution is -2.57. The van der Waals surface area contributed by atoms with Gasteiger partial charge in [-0.3, -0.25) is 4.79 Å². The summed E-state index contributed by atoms with van der Waals surface area (Å²) in [5.74, 6) is 0.789. The highest BCUT2D eigenvalue weighted by Gasteiger charge is 2.48. The molecule has 3 heterocycles. The van der Waals surface area contributed by atoms with Crippen molar-refractivity contribution < 1.29 is 4.79 Å². The number of nitrogens with zero attached hydrogens (tertiary/aromatic N) is 7. The van der Waals surface area contributed by atoms with E-state index in [9.17, 15) is 4.79 Å². The van der Waals surface area contributed by atoms with Crippen LogP contribution in [-0.4, -0.2) is 53.6 Å². The summed E-state index contributed by atoms with van der Waals surface area (Å²) in [4.78, 5) is 24.3. The second-order valence-corrected chi connectivity index (χ2v) is 8.16. The van der Waals surface area contributed by atoms with Gasteiger partial charge in [0, 0.05) is 29.8 Å². The molecule has 0 saturated carbocycles. The minimum absolute atomic E-state index is 0.0819. The van der Waals surface area contributed by atoms with Crippen LogP contribution < -0.4 is 0 Å². The van der Waals surface area contributed by atoms with Crippen molar-refractivity contribution in [3.8, 4) is 5.69 Å². The first kappa shape index (κ1) is 17.9. The van der Waals surface area contributed by atoms with E-state index in [-0.39, 0.29) is 17.4 Å². The number of aryl methyl sites for hydroxylation is 2. The summed E-state index contributed by atoms with van der Waals surface area (Å²) < 4.78 is 1.66. The van der Waals surface area contributed by atoms with Crippen LogP contribution >= 0.6 is 0 Å². The number of hydrogen-bond donors (Lipinski definition) is 0. The number of benzene rings is 1. The van der Waals surface area contributed by atoms with E-state index in [1.165, 1.54) is 5.56 Å². The maximum absolute atomic E-state index is 13.4. The molecule has 1 amide bonds. The average Bonchev–Trinajstić information content (AvgIpc) is 3.18. The molecule has 2 atom stereocenters. The lowest BCUT2D eigenvalue weighted by molar-refractivity contribution is 0.0379. The quantitative estimate of drug-likeness (QED) is 0.668. The third kappa shape index (κ3) is 2.82.